The maximum Gasteiger partial charge on any atom is 0.228 e. The van der Waals surface area contributed by atoms with E-state index in [0.29, 0.717) is 13.0 Å². The Hall–Kier alpha value is -3.18. The third-order valence-corrected chi connectivity index (χ3v) is 5.66. The zero-order valence-electron chi connectivity index (χ0n) is 20.3. The van der Waals surface area contributed by atoms with Crippen molar-refractivity contribution in [1.29, 1.82) is 0 Å². The normalized spacial score (nSPS) is 13.2. The number of aromatic nitrogens is 1. The average Bonchev–Trinajstić information content (AvgIpc) is 2.86. The van der Waals surface area contributed by atoms with E-state index >= 15 is 0 Å². The summed E-state index contributed by atoms with van der Waals surface area (Å²) in [6.07, 6.45) is 2.16. The van der Waals surface area contributed by atoms with Crippen LogP contribution in [0.2, 0.25) is 0 Å². The summed E-state index contributed by atoms with van der Waals surface area (Å²) in [5.74, 6) is 0.0663. The van der Waals surface area contributed by atoms with E-state index in [1.54, 1.807) is 4.90 Å². The molecule has 0 saturated carbocycles. The van der Waals surface area contributed by atoms with Gasteiger partial charge in [0.2, 0.25) is 5.91 Å². The van der Waals surface area contributed by atoms with Gasteiger partial charge in [-0.2, -0.15) is 0 Å². The van der Waals surface area contributed by atoms with E-state index < -0.39 is 0 Å². The van der Waals surface area contributed by atoms with E-state index in [4.69, 9.17) is 4.74 Å². The Bertz CT molecular complexity index is 1010. The molecule has 5 nitrogen and oxygen atoms in total. The number of ether oxygens (including phenoxy) is 1. The number of benzene rings is 2. The van der Waals surface area contributed by atoms with E-state index in [1.165, 1.54) is 11.3 Å². The summed E-state index contributed by atoms with van der Waals surface area (Å²) in [7, 11) is 1.84. The summed E-state index contributed by atoms with van der Waals surface area (Å²) in [4.78, 5) is 21.3. The van der Waals surface area contributed by atoms with Crippen molar-refractivity contribution in [2.45, 2.75) is 33.7 Å². The number of carbonyl (C=O) groups is 1. The molecule has 0 aliphatic carbocycles. The van der Waals surface area contributed by atoms with Crippen LogP contribution in [-0.4, -0.2) is 49.1 Å². The Labute approximate surface area is 198 Å². The van der Waals surface area contributed by atoms with Crippen LogP contribution in [0.1, 0.15) is 30.7 Å². The fourth-order valence-electron chi connectivity index (χ4n) is 3.85. The molecule has 1 amide bonds. The molecule has 0 unspecified atom stereocenters. The molecule has 5 heteroatoms. The highest BCUT2D eigenvalue weighted by Crippen LogP contribution is 2.23. The molecule has 1 aromatic heterocycles. The van der Waals surface area contributed by atoms with E-state index in [0.717, 1.165) is 48.7 Å². The number of carbonyl (C=O) groups excluding carboxylic acids is 1. The van der Waals surface area contributed by atoms with E-state index in [9.17, 15) is 4.79 Å². The molecule has 3 aromatic rings. The molecule has 2 aromatic carbocycles. The lowest BCUT2D eigenvalue weighted by Crippen LogP contribution is -2.36. The van der Waals surface area contributed by atoms with Gasteiger partial charge in [0, 0.05) is 49.8 Å². The minimum Gasteiger partial charge on any atom is -0.378 e. The second kappa shape index (κ2) is 12.2. The second-order valence-electron chi connectivity index (χ2n) is 8.10. The molecule has 1 aliphatic heterocycles. The highest BCUT2D eigenvalue weighted by molar-refractivity contribution is 5.78. The molecule has 1 fully saturated rings. The van der Waals surface area contributed by atoms with Crippen molar-refractivity contribution in [3.05, 3.63) is 83.7 Å². The number of anilines is 1. The van der Waals surface area contributed by atoms with Gasteiger partial charge in [-0.05, 0) is 36.2 Å². The number of pyridine rings is 1. The van der Waals surface area contributed by atoms with E-state index in [1.807, 2.05) is 51.4 Å². The zero-order valence-corrected chi connectivity index (χ0v) is 20.3. The van der Waals surface area contributed by atoms with Crippen LogP contribution in [0.5, 0.6) is 0 Å². The average molecular weight is 446 g/mol. The SMILES string of the molecule is CC.Cc1cccc(CN(C)C(=O)Cc2ccc(-c3ccc(N4CCOCC4)cc3)cn2)c1. The molecule has 2 heterocycles. The summed E-state index contributed by atoms with van der Waals surface area (Å²) >= 11 is 0. The molecule has 1 saturated heterocycles. The fraction of sp³-hybridized carbons (Fsp3) is 0.357. The summed E-state index contributed by atoms with van der Waals surface area (Å²) in [6.45, 7) is 10.1. The minimum atomic E-state index is 0.0663. The van der Waals surface area contributed by atoms with Gasteiger partial charge in [-0.1, -0.05) is 61.9 Å². The van der Waals surface area contributed by atoms with Crippen molar-refractivity contribution in [2.24, 2.45) is 0 Å². The van der Waals surface area contributed by atoms with Crippen LogP contribution in [0, 0.1) is 6.92 Å². The monoisotopic (exact) mass is 445 g/mol. The predicted molar refractivity (Wildman–Crippen MR) is 135 cm³/mol. The van der Waals surface area contributed by atoms with E-state index in [2.05, 4.69) is 53.2 Å². The van der Waals surface area contributed by atoms with Gasteiger partial charge < -0.3 is 14.5 Å². The number of hydrogen-bond acceptors (Lipinski definition) is 4. The topological polar surface area (TPSA) is 45.7 Å². The number of rotatable bonds is 6. The second-order valence-corrected chi connectivity index (χ2v) is 8.10. The van der Waals surface area contributed by atoms with Gasteiger partial charge in [0.15, 0.2) is 0 Å². The highest BCUT2D eigenvalue weighted by atomic mass is 16.5. The molecule has 0 N–H and O–H groups in total. The van der Waals surface area contributed by atoms with Crippen LogP contribution in [0.3, 0.4) is 0 Å². The fourth-order valence-corrected chi connectivity index (χ4v) is 3.85. The van der Waals surface area contributed by atoms with Crippen LogP contribution in [-0.2, 0) is 22.5 Å². The van der Waals surface area contributed by atoms with Gasteiger partial charge in [0.05, 0.1) is 19.6 Å². The van der Waals surface area contributed by atoms with Crippen LogP contribution in [0.15, 0.2) is 66.9 Å². The lowest BCUT2D eigenvalue weighted by molar-refractivity contribution is -0.129. The Balaban J connectivity index is 0.00000149. The Morgan fingerprint density at radius 1 is 1.00 bits per heavy atom. The van der Waals surface area contributed by atoms with Gasteiger partial charge in [-0.3, -0.25) is 9.78 Å². The first-order valence-corrected chi connectivity index (χ1v) is 11.8. The highest BCUT2D eigenvalue weighted by Gasteiger charge is 2.13. The van der Waals surface area contributed by atoms with Crippen molar-refractivity contribution >= 4 is 11.6 Å². The van der Waals surface area contributed by atoms with Crippen LogP contribution in [0.25, 0.3) is 11.1 Å². The standard InChI is InChI=1S/C26H29N3O2.C2H6/c1-20-4-3-5-21(16-20)19-28(2)26(30)17-24-9-6-23(18-27-24)22-7-10-25(11-8-22)29-12-14-31-15-13-29;1-2/h3-11,16,18H,12-15,17,19H2,1-2H3;1-2H3. The quantitative estimate of drug-likeness (QED) is 0.528. The lowest BCUT2D eigenvalue weighted by atomic mass is 10.1. The van der Waals surface area contributed by atoms with Crippen molar-refractivity contribution in [2.75, 3.05) is 38.3 Å². The first kappa shape index (κ1) is 24.5. The van der Waals surface area contributed by atoms with Crippen molar-refractivity contribution in [3.63, 3.8) is 0 Å². The Kier molecular flexibility index (Phi) is 9.02. The summed E-state index contributed by atoms with van der Waals surface area (Å²) in [6, 6.07) is 20.8. The van der Waals surface area contributed by atoms with Crippen molar-refractivity contribution < 1.29 is 9.53 Å². The molecule has 4 rings (SSSR count). The maximum atomic E-state index is 12.6. The number of amides is 1. The third kappa shape index (κ3) is 6.90. The third-order valence-electron chi connectivity index (χ3n) is 5.66. The van der Waals surface area contributed by atoms with Gasteiger partial charge in [0.1, 0.15) is 0 Å². The summed E-state index contributed by atoms with van der Waals surface area (Å²) in [5.41, 5.74) is 6.53. The molecule has 33 heavy (non-hydrogen) atoms. The first-order chi connectivity index (χ1) is 16.1. The number of morpholine rings is 1. The zero-order chi connectivity index (χ0) is 23.6. The minimum absolute atomic E-state index is 0.0663. The molecule has 0 atom stereocenters. The molecular formula is C28H35N3O2. The largest absolute Gasteiger partial charge is 0.378 e. The van der Waals surface area contributed by atoms with Crippen molar-refractivity contribution in [3.8, 4) is 11.1 Å². The summed E-state index contributed by atoms with van der Waals surface area (Å²) < 4.78 is 5.42. The summed E-state index contributed by atoms with van der Waals surface area (Å²) in [5, 5.41) is 0. The maximum absolute atomic E-state index is 12.6. The molecule has 174 valence electrons. The van der Waals surface area contributed by atoms with Gasteiger partial charge in [-0.15, -0.1) is 0 Å². The number of nitrogens with zero attached hydrogens (tertiary/aromatic N) is 3. The Morgan fingerprint density at radius 2 is 1.70 bits per heavy atom. The van der Waals surface area contributed by atoms with Gasteiger partial charge in [0.25, 0.3) is 0 Å². The van der Waals surface area contributed by atoms with Crippen molar-refractivity contribution in [1.82, 2.24) is 9.88 Å². The molecule has 0 radical (unpaired) electrons. The lowest BCUT2D eigenvalue weighted by Gasteiger charge is -2.28. The number of likely N-dealkylation sites (N-methyl/N-ethyl adjacent to an activating group) is 1. The van der Waals surface area contributed by atoms with Gasteiger partial charge in [-0.25, -0.2) is 0 Å². The number of aryl methyl sites for hydroxylation is 1. The number of hydrogen-bond donors (Lipinski definition) is 0. The van der Waals surface area contributed by atoms with Gasteiger partial charge >= 0.3 is 0 Å². The molecule has 0 spiro atoms. The predicted octanol–water partition coefficient (Wildman–Crippen LogP) is 5.12. The smallest absolute Gasteiger partial charge is 0.228 e. The first-order valence-electron chi connectivity index (χ1n) is 11.8. The molecule has 0 bridgehead atoms. The van der Waals surface area contributed by atoms with E-state index in [-0.39, 0.29) is 5.91 Å². The Morgan fingerprint density at radius 3 is 2.33 bits per heavy atom. The van der Waals surface area contributed by atoms with Crippen LogP contribution >= 0.6 is 0 Å². The van der Waals surface area contributed by atoms with Crippen LogP contribution in [0.4, 0.5) is 5.69 Å². The molecular weight excluding hydrogens is 410 g/mol. The molecule has 1 aliphatic rings. The van der Waals surface area contributed by atoms with Crippen LogP contribution < -0.4 is 4.90 Å².